The Kier molecular flexibility index (Phi) is 4.88. The fourth-order valence-corrected chi connectivity index (χ4v) is 2.72. The number of furan rings is 1. The maximum Gasteiger partial charge on any atom is 0.254 e. The Labute approximate surface area is 150 Å². The molecule has 134 valence electrons. The van der Waals surface area contributed by atoms with Crippen LogP contribution in [0.3, 0.4) is 0 Å². The number of nitrogens with zero attached hydrogens (tertiary/aromatic N) is 2. The van der Waals surface area contributed by atoms with Crippen LogP contribution in [0.5, 0.6) is 0 Å². The summed E-state index contributed by atoms with van der Waals surface area (Å²) in [7, 11) is 0. The van der Waals surface area contributed by atoms with E-state index in [1.807, 2.05) is 6.92 Å². The largest absolute Gasteiger partial charge is 0.445 e. The summed E-state index contributed by atoms with van der Waals surface area (Å²) in [4.78, 5) is 39.3. The summed E-state index contributed by atoms with van der Waals surface area (Å²) in [5.74, 6) is 0.500. The van der Waals surface area contributed by atoms with Crippen molar-refractivity contribution in [3.8, 4) is 0 Å². The third-order valence-electron chi connectivity index (χ3n) is 4.08. The van der Waals surface area contributed by atoms with Gasteiger partial charge in [-0.15, -0.1) is 0 Å². The Morgan fingerprint density at radius 3 is 2.46 bits per heavy atom. The van der Waals surface area contributed by atoms with Gasteiger partial charge in [-0.3, -0.25) is 19.3 Å². The monoisotopic (exact) mass is 353 g/mol. The molecule has 1 aromatic heterocycles. The zero-order valence-electron chi connectivity index (χ0n) is 14.4. The van der Waals surface area contributed by atoms with E-state index in [2.05, 4.69) is 11.9 Å². The SMILES string of the molecule is C=CC(=O)Nc1ccc(C(=O)N2CCN(c3ccc(C)o3)C(=O)C2)cc1. The van der Waals surface area contributed by atoms with E-state index in [9.17, 15) is 14.4 Å². The van der Waals surface area contributed by atoms with Crippen LogP contribution in [0.25, 0.3) is 0 Å². The van der Waals surface area contributed by atoms with Crippen molar-refractivity contribution >= 4 is 29.3 Å². The number of hydrogen-bond donors (Lipinski definition) is 1. The Morgan fingerprint density at radius 1 is 1.15 bits per heavy atom. The molecule has 7 nitrogen and oxygen atoms in total. The molecule has 7 heteroatoms. The fraction of sp³-hybridized carbons (Fsp3) is 0.211. The molecular weight excluding hydrogens is 334 g/mol. The van der Waals surface area contributed by atoms with Gasteiger partial charge in [0.15, 0.2) is 0 Å². The van der Waals surface area contributed by atoms with Crippen molar-refractivity contribution < 1.29 is 18.8 Å². The number of carbonyl (C=O) groups excluding carboxylic acids is 3. The molecule has 26 heavy (non-hydrogen) atoms. The van der Waals surface area contributed by atoms with E-state index in [0.717, 1.165) is 5.76 Å². The Morgan fingerprint density at radius 2 is 1.88 bits per heavy atom. The van der Waals surface area contributed by atoms with Crippen LogP contribution in [0.2, 0.25) is 0 Å². The minimum absolute atomic E-state index is 0.00642. The van der Waals surface area contributed by atoms with Gasteiger partial charge in [0.2, 0.25) is 17.7 Å². The van der Waals surface area contributed by atoms with Crippen LogP contribution in [-0.2, 0) is 9.59 Å². The number of anilines is 2. The van der Waals surface area contributed by atoms with Crippen LogP contribution >= 0.6 is 0 Å². The van der Waals surface area contributed by atoms with Gasteiger partial charge >= 0.3 is 0 Å². The summed E-state index contributed by atoms with van der Waals surface area (Å²) in [5.41, 5.74) is 1.03. The maximum absolute atomic E-state index is 12.6. The van der Waals surface area contributed by atoms with Crippen LogP contribution in [0, 0.1) is 6.92 Å². The molecule has 0 saturated carbocycles. The molecule has 1 fully saturated rings. The highest BCUT2D eigenvalue weighted by Gasteiger charge is 2.29. The van der Waals surface area contributed by atoms with Crippen LogP contribution < -0.4 is 10.2 Å². The van der Waals surface area contributed by atoms with E-state index in [-0.39, 0.29) is 24.3 Å². The number of amides is 3. The van der Waals surface area contributed by atoms with E-state index in [0.29, 0.717) is 30.2 Å². The van der Waals surface area contributed by atoms with Gasteiger partial charge in [-0.25, -0.2) is 0 Å². The molecule has 1 aliphatic heterocycles. The lowest BCUT2D eigenvalue weighted by Crippen LogP contribution is -2.52. The van der Waals surface area contributed by atoms with Gasteiger partial charge in [0, 0.05) is 30.4 Å². The molecule has 0 aliphatic carbocycles. The van der Waals surface area contributed by atoms with Gasteiger partial charge in [0.05, 0.1) is 0 Å². The summed E-state index contributed by atoms with van der Waals surface area (Å²) in [5, 5.41) is 2.62. The molecule has 0 spiro atoms. The van der Waals surface area contributed by atoms with Gasteiger partial charge < -0.3 is 14.6 Å². The zero-order chi connectivity index (χ0) is 18.7. The van der Waals surface area contributed by atoms with Crippen molar-refractivity contribution in [3.05, 3.63) is 60.4 Å². The molecule has 1 aromatic carbocycles. The van der Waals surface area contributed by atoms with Crippen LogP contribution in [0.1, 0.15) is 16.1 Å². The van der Waals surface area contributed by atoms with Crippen LogP contribution in [-0.4, -0.2) is 42.3 Å². The lowest BCUT2D eigenvalue weighted by atomic mass is 10.1. The number of aryl methyl sites for hydroxylation is 1. The molecule has 1 aliphatic rings. The number of rotatable bonds is 4. The van der Waals surface area contributed by atoms with Crippen molar-refractivity contribution in [2.45, 2.75) is 6.92 Å². The predicted octanol–water partition coefficient (Wildman–Crippen LogP) is 2.20. The third-order valence-corrected chi connectivity index (χ3v) is 4.08. The first kappa shape index (κ1) is 17.5. The topological polar surface area (TPSA) is 82.9 Å². The first-order valence-corrected chi connectivity index (χ1v) is 8.17. The Hall–Kier alpha value is -3.35. The second-order valence-corrected chi connectivity index (χ2v) is 5.93. The number of nitrogens with one attached hydrogen (secondary N) is 1. The summed E-state index contributed by atoms with van der Waals surface area (Å²) < 4.78 is 5.49. The zero-order valence-corrected chi connectivity index (χ0v) is 14.4. The average Bonchev–Trinajstić information content (AvgIpc) is 3.07. The van der Waals surface area contributed by atoms with Crippen molar-refractivity contribution in [3.63, 3.8) is 0 Å². The smallest absolute Gasteiger partial charge is 0.254 e. The van der Waals surface area contributed by atoms with E-state index >= 15 is 0 Å². The molecular formula is C19H19N3O4. The normalized spacial score (nSPS) is 14.3. The number of benzene rings is 1. The summed E-state index contributed by atoms with van der Waals surface area (Å²) in [6.07, 6.45) is 1.17. The standard InChI is InChI=1S/C19H19N3O4/c1-3-16(23)20-15-7-5-14(6-8-15)19(25)21-10-11-22(17(24)12-21)18-9-4-13(2)26-18/h3-9H,1,10-12H2,2H3,(H,20,23). The van der Waals surface area contributed by atoms with E-state index in [4.69, 9.17) is 4.42 Å². The summed E-state index contributed by atoms with van der Waals surface area (Å²) in [6, 6.07) is 10.1. The van der Waals surface area contributed by atoms with Gasteiger partial charge in [-0.05, 0) is 43.3 Å². The molecule has 0 bridgehead atoms. The Bertz CT molecular complexity index is 854. The number of hydrogen-bond acceptors (Lipinski definition) is 4. The molecule has 3 rings (SSSR count). The van der Waals surface area contributed by atoms with Crippen molar-refractivity contribution in [2.24, 2.45) is 0 Å². The highest BCUT2D eigenvalue weighted by molar-refractivity contribution is 6.02. The van der Waals surface area contributed by atoms with E-state index in [1.54, 1.807) is 41.3 Å². The number of carbonyl (C=O) groups is 3. The summed E-state index contributed by atoms with van der Waals surface area (Å²) in [6.45, 7) is 5.99. The van der Waals surface area contributed by atoms with E-state index in [1.165, 1.54) is 11.0 Å². The maximum atomic E-state index is 12.6. The van der Waals surface area contributed by atoms with Gasteiger partial charge in [0.25, 0.3) is 5.91 Å². The lowest BCUT2D eigenvalue weighted by Gasteiger charge is -2.33. The average molecular weight is 353 g/mol. The second kappa shape index (κ2) is 7.26. The summed E-state index contributed by atoms with van der Waals surface area (Å²) >= 11 is 0. The second-order valence-electron chi connectivity index (χ2n) is 5.93. The minimum Gasteiger partial charge on any atom is -0.445 e. The fourth-order valence-electron chi connectivity index (χ4n) is 2.72. The molecule has 2 aromatic rings. The first-order valence-electron chi connectivity index (χ1n) is 8.17. The van der Waals surface area contributed by atoms with Crippen molar-refractivity contribution in [1.29, 1.82) is 0 Å². The van der Waals surface area contributed by atoms with Crippen LogP contribution in [0.15, 0.2) is 53.5 Å². The van der Waals surface area contributed by atoms with Crippen molar-refractivity contribution in [1.82, 2.24) is 4.90 Å². The quantitative estimate of drug-likeness (QED) is 0.854. The van der Waals surface area contributed by atoms with Gasteiger partial charge in [-0.2, -0.15) is 0 Å². The molecule has 1 saturated heterocycles. The van der Waals surface area contributed by atoms with Gasteiger partial charge in [0.1, 0.15) is 12.3 Å². The number of piperazine rings is 1. The first-order chi connectivity index (χ1) is 12.5. The lowest BCUT2D eigenvalue weighted by molar-refractivity contribution is -0.120. The molecule has 0 atom stereocenters. The molecule has 2 heterocycles. The molecule has 0 radical (unpaired) electrons. The van der Waals surface area contributed by atoms with Crippen molar-refractivity contribution in [2.75, 3.05) is 29.9 Å². The Balaban J connectivity index is 1.65. The molecule has 1 N–H and O–H groups in total. The van der Waals surface area contributed by atoms with Crippen LogP contribution in [0.4, 0.5) is 11.6 Å². The van der Waals surface area contributed by atoms with E-state index < -0.39 is 0 Å². The minimum atomic E-state index is -0.320. The third kappa shape index (κ3) is 3.66. The highest BCUT2D eigenvalue weighted by atomic mass is 16.4. The highest BCUT2D eigenvalue weighted by Crippen LogP contribution is 2.21. The molecule has 3 amide bonds. The molecule has 0 unspecified atom stereocenters. The van der Waals surface area contributed by atoms with Gasteiger partial charge in [-0.1, -0.05) is 6.58 Å². The predicted molar refractivity (Wildman–Crippen MR) is 97.0 cm³/mol.